The average Bonchev–Trinajstić information content (AvgIpc) is 3.14. The monoisotopic (exact) mass is 637 g/mol. The fourth-order valence-electron chi connectivity index (χ4n) is 6.10. The van der Waals surface area contributed by atoms with Crippen LogP contribution in [0.5, 0.6) is 5.75 Å². The SMILES string of the molecule is COc1ccc(C(C(F)(F)F)C(F)(F)F)cc1C1=C(CN2C(=O)O[C@H](c3cc(C)cc(C(F)(F)F)c3)[C@@H]2C)CC(C)(C)CC1. The van der Waals surface area contributed by atoms with Gasteiger partial charge in [0, 0.05) is 12.1 Å². The highest BCUT2D eigenvalue weighted by molar-refractivity contribution is 5.77. The van der Waals surface area contributed by atoms with Crippen molar-refractivity contribution in [2.24, 2.45) is 5.41 Å². The summed E-state index contributed by atoms with van der Waals surface area (Å²) in [6.07, 6.45) is -16.5. The van der Waals surface area contributed by atoms with Gasteiger partial charge in [0.25, 0.3) is 0 Å². The molecule has 0 unspecified atom stereocenters. The second-order valence-corrected chi connectivity index (χ2v) is 12.2. The molecule has 1 aliphatic carbocycles. The summed E-state index contributed by atoms with van der Waals surface area (Å²) in [6.45, 7) is 6.89. The lowest BCUT2D eigenvalue weighted by Gasteiger charge is -2.36. The minimum absolute atomic E-state index is 0.0549. The molecule has 2 atom stereocenters. The van der Waals surface area contributed by atoms with Crippen LogP contribution in [0.3, 0.4) is 0 Å². The zero-order chi connectivity index (χ0) is 33.0. The molecule has 1 aliphatic heterocycles. The molecule has 1 fully saturated rings. The van der Waals surface area contributed by atoms with Crippen LogP contribution in [-0.4, -0.2) is 43.0 Å². The number of benzene rings is 2. The van der Waals surface area contributed by atoms with Crippen LogP contribution in [-0.2, 0) is 10.9 Å². The number of carbonyl (C=O) groups excluding carboxylic acids is 1. The Morgan fingerprint density at radius 2 is 1.64 bits per heavy atom. The quantitative estimate of drug-likeness (QED) is 0.296. The smallest absolute Gasteiger partial charge is 0.416 e. The Morgan fingerprint density at radius 3 is 2.20 bits per heavy atom. The Morgan fingerprint density at radius 1 is 1.00 bits per heavy atom. The molecule has 1 heterocycles. The molecular weight excluding hydrogens is 605 g/mol. The van der Waals surface area contributed by atoms with Crippen LogP contribution in [0.1, 0.15) is 79.9 Å². The molecular formula is C31H32F9NO3. The van der Waals surface area contributed by atoms with E-state index < -0.39 is 53.8 Å². The van der Waals surface area contributed by atoms with Gasteiger partial charge in [0.1, 0.15) is 11.9 Å². The van der Waals surface area contributed by atoms with E-state index in [4.69, 9.17) is 9.47 Å². The Kier molecular flexibility index (Phi) is 8.77. The van der Waals surface area contributed by atoms with Crippen LogP contribution < -0.4 is 4.74 Å². The molecule has 2 aromatic rings. The zero-order valence-electron chi connectivity index (χ0n) is 24.6. The first-order valence-corrected chi connectivity index (χ1v) is 13.8. The minimum Gasteiger partial charge on any atom is -0.496 e. The van der Waals surface area contributed by atoms with Gasteiger partial charge in [-0.3, -0.25) is 4.90 Å². The second-order valence-electron chi connectivity index (χ2n) is 12.2. The van der Waals surface area contributed by atoms with E-state index in [1.165, 1.54) is 25.0 Å². The minimum atomic E-state index is -5.60. The van der Waals surface area contributed by atoms with Crippen LogP contribution in [0.15, 0.2) is 42.0 Å². The highest BCUT2D eigenvalue weighted by atomic mass is 19.4. The lowest BCUT2D eigenvalue weighted by molar-refractivity contribution is -0.253. The Labute approximate surface area is 248 Å². The molecule has 0 radical (unpaired) electrons. The van der Waals surface area contributed by atoms with Gasteiger partial charge in [-0.05, 0) is 85.1 Å². The van der Waals surface area contributed by atoms with Crippen molar-refractivity contribution < 1.29 is 53.8 Å². The third-order valence-corrected chi connectivity index (χ3v) is 8.22. The summed E-state index contributed by atoms with van der Waals surface area (Å²) in [6, 6.07) is 5.31. The molecule has 242 valence electrons. The van der Waals surface area contributed by atoms with Crippen molar-refractivity contribution in [3.8, 4) is 5.75 Å². The van der Waals surface area contributed by atoms with Gasteiger partial charge in [-0.15, -0.1) is 0 Å². The van der Waals surface area contributed by atoms with Crippen molar-refractivity contribution >= 4 is 11.7 Å². The first-order valence-electron chi connectivity index (χ1n) is 13.8. The van der Waals surface area contributed by atoms with Crippen LogP contribution in [0.25, 0.3) is 5.57 Å². The maximum Gasteiger partial charge on any atom is 0.416 e. The Bertz CT molecular complexity index is 1430. The number of ether oxygens (including phenoxy) is 2. The van der Waals surface area contributed by atoms with E-state index in [0.29, 0.717) is 29.6 Å². The molecule has 0 bridgehead atoms. The van der Waals surface area contributed by atoms with Gasteiger partial charge in [0.2, 0.25) is 0 Å². The zero-order valence-corrected chi connectivity index (χ0v) is 24.6. The van der Waals surface area contributed by atoms with Crippen molar-refractivity contribution in [2.75, 3.05) is 13.7 Å². The number of halogens is 9. The molecule has 0 spiro atoms. The van der Waals surface area contributed by atoms with Crippen LogP contribution in [0.4, 0.5) is 44.3 Å². The fourth-order valence-corrected chi connectivity index (χ4v) is 6.10. The number of aryl methyl sites for hydroxylation is 1. The molecule has 2 aliphatic rings. The largest absolute Gasteiger partial charge is 0.496 e. The molecule has 0 N–H and O–H groups in total. The number of methoxy groups -OCH3 is 1. The number of alkyl halides is 9. The summed E-state index contributed by atoms with van der Waals surface area (Å²) < 4.78 is 133. The lowest BCUT2D eigenvalue weighted by Crippen LogP contribution is -2.36. The first kappa shape index (κ1) is 33.5. The summed E-state index contributed by atoms with van der Waals surface area (Å²) >= 11 is 0. The normalized spacial score (nSPS) is 21.2. The summed E-state index contributed by atoms with van der Waals surface area (Å²) in [5, 5.41) is 0. The van der Waals surface area contributed by atoms with Gasteiger partial charge in [0.15, 0.2) is 5.92 Å². The number of cyclic esters (lactones) is 1. The second kappa shape index (κ2) is 11.5. The average molecular weight is 638 g/mol. The summed E-state index contributed by atoms with van der Waals surface area (Å²) in [7, 11) is 1.25. The number of carbonyl (C=O) groups is 1. The van der Waals surface area contributed by atoms with E-state index in [1.54, 1.807) is 6.92 Å². The van der Waals surface area contributed by atoms with Crippen molar-refractivity contribution in [1.29, 1.82) is 0 Å². The maximum absolute atomic E-state index is 13.6. The Balaban J connectivity index is 1.77. The molecule has 0 saturated carbocycles. The van der Waals surface area contributed by atoms with E-state index >= 15 is 0 Å². The van der Waals surface area contributed by atoms with Crippen LogP contribution in [0.2, 0.25) is 0 Å². The molecule has 13 heteroatoms. The Hall–Kier alpha value is -3.38. The number of hydrogen-bond donors (Lipinski definition) is 0. The van der Waals surface area contributed by atoms with E-state index in [1.807, 2.05) is 13.8 Å². The van der Waals surface area contributed by atoms with Gasteiger partial charge in [-0.2, -0.15) is 39.5 Å². The summed E-state index contributed by atoms with van der Waals surface area (Å²) in [5.41, 5.74) is -0.658. The fraction of sp³-hybridized carbons (Fsp3) is 0.516. The van der Waals surface area contributed by atoms with Gasteiger partial charge < -0.3 is 9.47 Å². The predicted molar refractivity (Wildman–Crippen MR) is 144 cm³/mol. The molecule has 44 heavy (non-hydrogen) atoms. The molecule has 1 amide bonds. The van der Waals surface area contributed by atoms with Gasteiger partial charge in [-0.1, -0.05) is 31.5 Å². The highest BCUT2D eigenvalue weighted by Crippen LogP contribution is 2.50. The predicted octanol–water partition coefficient (Wildman–Crippen LogP) is 9.78. The molecule has 4 rings (SSSR count). The third-order valence-electron chi connectivity index (χ3n) is 8.22. The number of hydrogen-bond acceptors (Lipinski definition) is 3. The molecule has 0 aromatic heterocycles. The maximum atomic E-state index is 13.6. The summed E-state index contributed by atoms with van der Waals surface area (Å²) in [5.74, 6) is -3.65. The van der Waals surface area contributed by atoms with Crippen molar-refractivity contribution in [3.63, 3.8) is 0 Å². The lowest BCUT2D eigenvalue weighted by atomic mass is 9.72. The van der Waals surface area contributed by atoms with E-state index in [0.717, 1.165) is 30.3 Å². The van der Waals surface area contributed by atoms with Gasteiger partial charge in [0.05, 0.1) is 18.7 Å². The van der Waals surface area contributed by atoms with E-state index in [9.17, 15) is 44.3 Å². The van der Waals surface area contributed by atoms with E-state index in [2.05, 4.69) is 0 Å². The van der Waals surface area contributed by atoms with Gasteiger partial charge >= 0.3 is 24.6 Å². The number of amides is 1. The molecule has 1 saturated heterocycles. The van der Waals surface area contributed by atoms with Crippen molar-refractivity contribution in [3.05, 3.63) is 69.8 Å². The third kappa shape index (κ3) is 6.96. The highest BCUT2D eigenvalue weighted by Gasteiger charge is 2.57. The molecule has 4 nitrogen and oxygen atoms in total. The number of rotatable bonds is 6. The first-order chi connectivity index (χ1) is 20.1. The number of nitrogens with zero attached hydrogens (tertiary/aromatic N) is 1. The number of allylic oxidation sites excluding steroid dienone is 1. The van der Waals surface area contributed by atoms with Crippen LogP contribution in [0, 0.1) is 12.3 Å². The topological polar surface area (TPSA) is 38.8 Å². The standard InChI is InChI=1S/C31H32F9NO3/c1-16-10-19(12-21(11-16)29(32,33)34)25-17(2)41(27(42)44-25)15-20-14-28(3,4)9-8-22(20)23-13-18(6-7-24(23)43-5)26(30(35,36)37)31(38,39)40/h6-7,10-13,17,25-26H,8-9,14-15H2,1-5H3/t17-,25-/m0/s1. The van der Waals surface area contributed by atoms with Crippen LogP contribution >= 0.6 is 0 Å². The van der Waals surface area contributed by atoms with Crippen molar-refractivity contribution in [2.45, 2.75) is 83.6 Å². The van der Waals surface area contributed by atoms with E-state index in [-0.39, 0.29) is 35.3 Å². The van der Waals surface area contributed by atoms with Gasteiger partial charge in [-0.25, -0.2) is 4.79 Å². The summed E-state index contributed by atoms with van der Waals surface area (Å²) in [4.78, 5) is 14.4. The van der Waals surface area contributed by atoms with Crippen molar-refractivity contribution in [1.82, 2.24) is 4.90 Å². The molecule has 2 aromatic carbocycles.